The number of halogens is 1. The summed E-state index contributed by atoms with van der Waals surface area (Å²) in [4.78, 5) is 25.8. The highest BCUT2D eigenvalue weighted by atomic mass is 127. The maximum atomic E-state index is 13.4. The third kappa shape index (κ3) is 4.71. The SMILES string of the molecule is Cc1cc2nc(N(CCN(C)Cc3cnco3)C(=O)c3cccc(I)c3)ccc2o1. The summed E-state index contributed by atoms with van der Waals surface area (Å²) in [6.45, 7) is 3.61. The fraction of sp³-hybridized carbons (Fsp3) is 0.227. The number of nitrogens with zero attached hydrogens (tertiary/aromatic N) is 4. The standard InChI is InChI=1S/C22H21IN4O3/c1-15-10-19-20(30-15)6-7-21(25-19)27(22(28)16-4-3-5-17(23)11-16)9-8-26(2)13-18-12-24-14-29-18/h3-7,10-12,14H,8-9,13H2,1-2H3. The van der Waals surface area contributed by atoms with E-state index in [2.05, 4.69) is 37.5 Å². The molecule has 0 aliphatic heterocycles. The number of benzene rings is 1. The highest BCUT2D eigenvalue weighted by Crippen LogP contribution is 2.23. The summed E-state index contributed by atoms with van der Waals surface area (Å²) in [7, 11) is 1.98. The van der Waals surface area contributed by atoms with Crippen molar-refractivity contribution in [2.45, 2.75) is 13.5 Å². The zero-order chi connectivity index (χ0) is 21.1. The quantitative estimate of drug-likeness (QED) is 0.337. The summed E-state index contributed by atoms with van der Waals surface area (Å²) < 4.78 is 12.0. The van der Waals surface area contributed by atoms with Gasteiger partial charge in [-0.05, 0) is 66.9 Å². The Morgan fingerprint density at radius 3 is 2.80 bits per heavy atom. The van der Waals surface area contributed by atoms with Gasteiger partial charge in [-0.1, -0.05) is 6.07 Å². The predicted molar refractivity (Wildman–Crippen MR) is 122 cm³/mol. The first-order chi connectivity index (χ1) is 14.5. The molecule has 0 saturated heterocycles. The van der Waals surface area contributed by atoms with Crippen LogP contribution in [0.2, 0.25) is 0 Å². The lowest BCUT2D eigenvalue weighted by atomic mass is 10.2. The Balaban J connectivity index is 1.60. The minimum Gasteiger partial charge on any atom is -0.460 e. The molecule has 1 aromatic carbocycles. The van der Waals surface area contributed by atoms with Crippen molar-refractivity contribution in [3.8, 4) is 0 Å². The maximum Gasteiger partial charge on any atom is 0.259 e. The number of anilines is 1. The van der Waals surface area contributed by atoms with Gasteiger partial charge in [0.05, 0.1) is 12.7 Å². The monoisotopic (exact) mass is 516 g/mol. The number of amides is 1. The van der Waals surface area contributed by atoms with Gasteiger partial charge in [-0.15, -0.1) is 0 Å². The Labute approximate surface area is 187 Å². The number of pyridine rings is 1. The molecule has 0 spiro atoms. The molecule has 0 atom stereocenters. The Hall–Kier alpha value is -2.72. The van der Waals surface area contributed by atoms with Crippen molar-refractivity contribution < 1.29 is 13.6 Å². The Morgan fingerprint density at radius 1 is 1.17 bits per heavy atom. The average molecular weight is 516 g/mol. The maximum absolute atomic E-state index is 13.4. The molecule has 3 heterocycles. The summed E-state index contributed by atoms with van der Waals surface area (Å²) in [5.74, 6) is 2.08. The normalized spacial score (nSPS) is 11.3. The largest absolute Gasteiger partial charge is 0.460 e. The Bertz CT molecular complexity index is 1160. The molecule has 0 N–H and O–H groups in total. The van der Waals surface area contributed by atoms with Gasteiger partial charge in [0.2, 0.25) is 0 Å². The minimum absolute atomic E-state index is 0.0892. The topological polar surface area (TPSA) is 75.6 Å². The number of aryl methyl sites for hydroxylation is 1. The van der Waals surface area contributed by atoms with E-state index in [1.54, 1.807) is 11.1 Å². The second kappa shape index (κ2) is 8.97. The average Bonchev–Trinajstić information content (AvgIpc) is 3.36. The first kappa shape index (κ1) is 20.5. The molecule has 7 nitrogen and oxygen atoms in total. The van der Waals surface area contributed by atoms with E-state index < -0.39 is 0 Å². The molecule has 0 fully saturated rings. The summed E-state index contributed by atoms with van der Waals surface area (Å²) in [6.07, 6.45) is 3.12. The smallest absolute Gasteiger partial charge is 0.259 e. The van der Waals surface area contributed by atoms with Crippen molar-refractivity contribution in [1.82, 2.24) is 14.9 Å². The molecule has 0 aliphatic carbocycles. The molecule has 0 bridgehead atoms. The van der Waals surface area contributed by atoms with Crippen molar-refractivity contribution in [1.29, 1.82) is 0 Å². The van der Waals surface area contributed by atoms with E-state index >= 15 is 0 Å². The van der Waals surface area contributed by atoms with E-state index in [4.69, 9.17) is 8.83 Å². The van der Waals surface area contributed by atoms with Crippen LogP contribution in [0.15, 0.2) is 63.9 Å². The molecule has 4 aromatic rings. The predicted octanol–water partition coefficient (Wildman–Crippen LogP) is 4.51. The zero-order valence-electron chi connectivity index (χ0n) is 16.7. The third-order valence-corrected chi connectivity index (χ3v) is 5.36. The van der Waals surface area contributed by atoms with Crippen molar-refractivity contribution in [3.63, 3.8) is 0 Å². The van der Waals surface area contributed by atoms with Gasteiger partial charge >= 0.3 is 0 Å². The number of carbonyl (C=O) groups is 1. The molecule has 8 heteroatoms. The van der Waals surface area contributed by atoms with Crippen LogP contribution in [-0.2, 0) is 6.54 Å². The van der Waals surface area contributed by atoms with Crippen molar-refractivity contribution in [2.75, 3.05) is 25.0 Å². The first-order valence-corrected chi connectivity index (χ1v) is 10.6. The third-order valence-electron chi connectivity index (χ3n) is 4.69. The Kier molecular flexibility index (Phi) is 6.14. The fourth-order valence-corrected chi connectivity index (χ4v) is 3.76. The second-order valence-corrected chi connectivity index (χ2v) is 8.33. The molecule has 0 saturated carbocycles. The molecule has 3 aromatic heterocycles. The van der Waals surface area contributed by atoms with Crippen molar-refractivity contribution >= 4 is 45.4 Å². The summed E-state index contributed by atoms with van der Waals surface area (Å²) in [6, 6.07) is 13.1. The number of aromatic nitrogens is 2. The molecule has 1 amide bonds. The number of fused-ring (bicyclic) bond motifs is 1. The van der Waals surface area contributed by atoms with E-state index in [1.165, 1.54) is 6.39 Å². The van der Waals surface area contributed by atoms with Crippen LogP contribution in [0.5, 0.6) is 0 Å². The van der Waals surface area contributed by atoms with E-state index in [0.717, 1.165) is 20.6 Å². The van der Waals surface area contributed by atoms with Gasteiger partial charge in [0.15, 0.2) is 12.0 Å². The minimum atomic E-state index is -0.0892. The van der Waals surface area contributed by atoms with E-state index in [1.807, 2.05) is 56.4 Å². The van der Waals surface area contributed by atoms with Gasteiger partial charge in [-0.2, -0.15) is 0 Å². The van der Waals surface area contributed by atoms with Gasteiger partial charge in [0.1, 0.15) is 22.9 Å². The van der Waals surface area contributed by atoms with Gasteiger partial charge in [-0.25, -0.2) is 9.97 Å². The number of hydrogen-bond acceptors (Lipinski definition) is 6. The second-order valence-electron chi connectivity index (χ2n) is 7.08. The summed E-state index contributed by atoms with van der Waals surface area (Å²) in [5, 5.41) is 0. The highest BCUT2D eigenvalue weighted by Gasteiger charge is 2.21. The first-order valence-electron chi connectivity index (χ1n) is 9.50. The molecular formula is C22H21IN4O3. The number of rotatable bonds is 7. The van der Waals surface area contributed by atoms with Crippen LogP contribution in [0.25, 0.3) is 11.1 Å². The highest BCUT2D eigenvalue weighted by molar-refractivity contribution is 14.1. The van der Waals surface area contributed by atoms with Crippen molar-refractivity contribution in [3.05, 3.63) is 75.7 Å². The number of carbonyl (C=O) groups excluding carboxylic acids is 1. The van der Waals surface area contributed by atoms with Gasteiger partial charge in [0.25, 0.3) is 5.91 Å². The lowest BCUT2D eigenvalue weighted by Crippen LogP contribution is -2.38. The molecule has 0 radical (unpaired) electrons. The van der Waals surface area contributed by atoms with Gasteiger partial charge in [0, 0.05) is 28.3 Å². The van der Waals surface area contributed by atoms with Gasteiger partial charge in [-0.3, -0.25) is 14.6 Å². The fourth-order valence-electron chi connectivity index (χ4n) is 3.22. The van der Waals surface area contributed by atoms with Crippen LogP contribution in [0.3, 0.4) is 0 Å². The van der Waals surface area contributed by atoms with Crippen LogP contribution in [0.4, 0.5) is 5.82 Å². The van der Waals surface area contributed by atoms with Gasteiger partial charge < -0.3 is 8.83 Å². The van der Waals surface area contributed by atoms with Crippen LogP contribution < -0.4 is 4.90 Å². The summed E-state index contributed by atoms with van der Waals surface area (Å²) in [5.41, 5.74) is 2.07. The number of oxazole rings is 1. The van der Waals surface area contributed by atoms with Crippen LogP contribution in [0.1, 0.15) is 21.9 Å². The van der Waals surface area contributed by atoms with E-state index in [9.17, 15) is 4.79 Å². The molecule has 154 valence electrons. The van der Waals surface area contributed by atoms with Crippen molar-refractivity contribution in [2.24, 2.45) is 0 Å². The van der Waals surface area contributed by atoms with Crippen LogP contribution in [-0.4, -0.2) is 40.9 Å². The van der Waals surface area contributed by atoms with Crippen LogP contribution in [0, 0.1) is 10.5 Å². The number of hydrogen-bond donors (Lipinski definition) is 0. The molecule has 0 aliphatic rings. The number of furan rings is 1. The Morgan fingerprint density at radius 2 is 2.03 bits per heavy atom. The van der Waals surface area contributed by atoms with Crippen LogP contribution >= 0.6 is 22.6 Å². The lowest BCUT2D eigenvalue weighted by molar-refractivity contribution is 0.0983. The molecule has 30 heavy (non-hydrogen) atoms. The molecule has 0 unspecified atom stereocenters. The molecular weight excluding hydrogens is 495 g/mol. The van der Waals surface area contributed by atoms with E-state index in [-0.39, 0.29) is 5.91 Å². The van der Waals surface area contributed by atoms with E-state index in [0.29, 0.717) is 36.6 Å². The molecule has 4 rings (SSSR count). The number of likely N-dealkylation sites (N-methyl/N-ethyl adjacent to an activating group) is 1. The lowest BCUT2D eigenvalue weighted by Gasteiger charge is -2.25. The zero-order valence-corrected chi connectivity index (χ0v) is 18.9. The summed E-state index contributed by atoms with van der Waals surface area (Å²) >= 11 is 2.21.